The zero-order valence-electron chi connectivity index (χ0n) is 13.7. The first-order chi connectivity index (χ1) is 11.6. The van der Waals surface area contributed by atoms with Crippen molar-refractivity contribution in [1.82, 2.24) is 19.5 Å². The molecule has 3 aromatic rings. The number of nitrogens with zero attached hydrogens (tertiary/aromatic N) is 4. The Hall–Kier alpha value is -3.02. The molecule has 0 aliphatic heterocycles. The number of aryl methyl sites for hydroxylation is 1. The zero-order valence-corrected chi connectivity index (χ0v) is 13.7. The lowest BCUT2D eigenvalue weighted by Gasteiger charge is -2.15. The van der Waals surface area contributed by atoms with Gasteiger partial charge in [-0.2, -0.15) is 0 Å². The molecule has 24 heavy (non-hydrogen) atoms. The third-order valence-electron chi connectivity index (χ3n) is 3.90. The molecular weight excluding hydrogens is 302 g/mol. The normalized spacial score (nSPS) is 11.9. The zero-order chi connectivity index (χ0) is 16.9. The lowest BCUT2D eigenvalue weighted by molar-refractivity contribution is -0.115. The van der Waals surface area contributed by atoms with Gasteiger partial charge in [0.2, 0.25) is 5.91 Å². The minimum absolute atomic E-state index is 0.109. The number of hydrogen-bond donors (Lipinski definition) is 1. The van der Waals surface area contributed by atoms with Gasteiger partial charge >= 0.3 is 0 Å². The Labute approximate surface area is 140 Å². The molecule has 3 rings (SSSR count). The minimum Gasteiger partial charge on any atom is -0.328 e. The second-order valence-corrected chi connectivity index (χ2v) is 5.62. The molecule has 1 amide bonds. The molecule has 3 heterocycles. The van der Waals surface area contributed by atoms with Gasteiger partial charge in [-0.15, -0.1) is 0 Å². The van der Waals surface area contributed by atoms with Crippen LogP contribution >= 0.6 is 0 Å². The predicted molar refractivity (Wildman–Crippen MR) is 91.6 cm³/mol. The van der Waals surface area contributed by atoms with Gasteiger partial charge in [-0.3, -0.25) is 9.78 Å². The summed E-state index contributed by atoms with van der Waals surface area (Å²) in [6.07, 6.45) is 9.16. The molecule has 1 N–H and O–H groups in total. The quantitative estimate of drug-likeness (QED) is 0.784. The van der Waals surface area contributed by atoms with Crippen molar-refractivity contribution >= 4 is 11.7 Å². The first-order valence-electron chi connectivity index (χ1n) is 7.77. The highest BCUT2D eigenvalue weighted by molar-refractivity contribution is 5.91. The van der Waals surface area contributed by atoms with E-state index in [9.17, 15) is 4.79 Å². The van der Waals surface area contributed by atoms with E-state index < -0.39 is 0 Å². The van der Waals surface area contributed by atoms with Crippen LogP contribution in [0.25, 0.3) is 0 Å². The smallest absolute Gasteiger partial charge is 0.230 e. The lowest BCUT2D eigenvalue weighted by Crippen LogP contribution is -2.15. The van der Waals surface area contributed by atoms with Crippen molar-refractivity contribution in [2.45, 2.75) is 26.3 Å². The number of aromatic nitrogens is 4. The number of nitrogens with one attached hydrogen (secondary N) is 1. The van der Waals surface area contributed by atoms with Crippen molar-refractivity contribution < 1.29 is 4.79 Å². The summed E-state index contributed by atoms with van der Waals surface area (Å²) in [6.45, 7) is 4.06. The fourth-order valence-corrected chi connectivity index (χ4v) is 2.56. The lowest BCUT2D eigenvalue weighted by atomic mass is 10.1. The largest absolute Gasteiger partial charge is 0.328 e. The van der Waals surface area contributed by atoms with Crippen LogP contribution in [0.2, 0.25) is 0 Å². The summed E-state index contributed by atoms with van der Waals surface area (Å²) in [4.78, 5) is 24.6. The Kier molecular flexibility index (Phi) is 4.65. The second kappa shape index (κ2) is 7.04. The summed E-state index contributed by atoms with van der Waals surface area (Å²) in [5.41, 5.74) is 1.93. The van der Waals surface area contributed by atoms with Gasteiger partial charge in [0.25, 0.3) is 0 Å². The molecule has 122 valence electrons. The van der Waals surface area contributed by atoms with Crippen LogP contribution in [0, 0.1) is 6.92 Å². The molecule has 0 saturated heterocycles. The molecule has 0 radical (unpaired) electrons. The van der Waals surface area contributed by atoms with E-state index in [1.165, 1.54) is 0 Å². The van der Waals surface area contributed by atoms with Crippen LogP contribution in [0.5, 0.6) is 0 Å². The van der Waals surface area contributed by atoms with Gasteiger partial charge < -0.3 is 9.88 Å². The summed E-state index contributed by atoms with van der Waals surface area (Å²) in [7, 11) is 0. The number of hydrogen-bond acceptors (Lipinski definition) is 4. The summed E-state index contributed by atoms with van der Waals surface area (Å²) < 4.78 is 2.08. The molecule has 0 aliphatic rings. The van der Waals surface area contributed by atoms with Crippen molar-refractivity contribution in [3.8, 4) is 0 Å². The number of imidazole rings is 1. The molecule has 0 aliphatic carbocycles. The van der Waals surface area contributed by atoms with E-state index >= 15 is 0 Å². The van der Waals surface area contributed by atoms with Crippen molar-refractivity contribution in [2.24, 2.45) is 0 Å². The Morgan fingerprint density at radius 2 is 2.08 bits per heavy atom. The molecule has 0 saturated carbocycles. The first kappa shape index (κ1) is 15.9. The highest BCUT2D eigenvalue weighted by Gasteiger charge is 2.11. The van der Waals surface area contributed by atoms with Crippen LogP contribution in [0.3, 0.4) is 0 Å². The molecule has 0 unspecified atom stereocenters. The maximum Gasteiger partial charge on any atom is 0.230 e. The fraction of sp³-hybridized carbons (Fsp3) is 0.222. The fourth-order valence-electron chi connectivity index (χ4n) is 2.56. The molecule has 0 aromatic carbocycles. The maximum absolute atomic E-state index is 12.0. The van der Waals surface area contributed by atoms with Gasteiger partial charge in [0.15, 0.2) is 0 Å². The number of amides is 1. The van der Waals surface area contributed by atoms with Gasteiger partial charge in [-0.05, 0) is 37.1 Å². The molecule has 0 spiro atoms. The Morgan fingerprint density at radius 1 is 1.21 bits per heavy atom. The summed E-state index contributed by atoms with van der Waals surface area (Å²) in [5, 5.41) is 2.81. The van der Waals surface area contributed by atoms with Gasteiger partial charge in [0, 0.05) is 31.0 Å². The SMILES string of the molecule is Cc1nccn1[C@H](C)c1ccc(NC(=O)Cc2cccnc2)nc1. The van der Waals surface area contributed by atoms with Crippen LogP contribution in [-0.2, 0) is 11.2 Å². The number of anilines is 1. The number of carbonyl (C=O) groups excluding carboxylic acids is 1. The number of carbonyl (C=O) groups is 1. The Balaban J connectivity index is 1.64. The second-order valence-electron chi connectivity index (χ2n) is 5.62. The highest BCUT2D eigenvalue weighted by atomic mass is 16.1. The topological polar surface area (TPSA) is 72.7 Å². The molecule has 6 heteroatoms. The summed E-state index contributed by atoms with van der Waals surface area (Å²) in [6, 6.07) is 7.61. The van der Waals surface area contributed by atoms with Crippen LogP contribution in [-0.4, -0.2) is 25.4 Å². The molecule has 0 bridgehead atoms. The molecule has 6 nitrogen and oxygen atoms in total. The van der Waals surface area contributed by atoms with E-state index in [0.717, 1.165) is 17.0 Å². The first-order valence-corrected chi connectivity index (χ1v) is 7.77. The Morgan fingerprint density at radius 3 is 2.71 bits per heavy atom. The predicted octanol–water partition coefficient (Wildman–Crippen LogP) is 2.77. The van der Waals surface area contributed by atoms with E-state index in [4.69, 9.17) is 0 Å². The molecular formula is C18H19N5O. The Bertz CT molecular complexity index is 811. The average Bonchev–Trinajstić information content (AvgIpc) is 3.02. The van der Waals surface area contributed by atoms with Gasteiger partial charge in [0.05, 0.1) is 12.5 Å². The maximum atomic E-state index is 12.0. The average molecular weight is 321 g/mol. The van der Waals surface area contributed by atoms with Crippen LogP contribution in [0.15, 0.2) is 55.2 Å². The van der Waals surface area contributed by atoms with Crippen LogP contribution in [0.1, 0.15) is 29.9 Å². The van der Waals surface area contributed by atoms with Crippen molar-refractivity contribution in [3.63, 3.8) is 0 Å². The molecule has 0 fully saturated rings. The molecule has 3 aromatic heterocycles. The van der Waals surface area contributed by atoms with Crippen LogP contribution in [0.4, 0.5) is 5.82 Å². The van der Waals surface area contributed by atoms with Crippen LogP contribution < -0.4 is 5.32 Å². The minimum atomic E-state index is -0.109. The number of pyridine rings is 2. The van der Waals surface area contributed by atoms with E-state index in [0.29, 0.717) is 5.82 Å². The van der Waals surface area contributed by atoms with E-state index in [1.54, 1.807) is 24.8 Å². The third-order valence-corrected chi connectivity index (χ3v) is 3.90. The third kappa shape index (κ3) is 3.65. The van der Waals surface area contributed by atoms with Gasteiger partial charge in [0.1, 0.15) is 11.6 Å². The standard InChI is InChI=1S/C18H19N5O/c1-13(23-9-8-20-14(23)2)16-5-6-17(21-12-16)22-18(24)10-15-4-3-7-19-11-15/h3-9,11-13H,10H2,1-2H3,(H,21,22,24)/t13-/m1/s1. The number of rotatable bonds is 5. The van der Waals surface area contributed by atoms with Gasteiger partial charge in [-0.25, -0.2) is 9.97 Å². The van der Waals surface area contributed by atoms with Crippen molar-refractivity contribution in [2.75, 3.05) is 5.32 Å². The molecule has 1 atom stereocenters. The van der Waals surface area contributed by atoms with Gasteiger partial charge in [-0.1, -0.05) is 12.1 Å². The van der Waals surface area contributed by atoms with E-state index in [1.807, 2.05) is 37.4 Å². The van der Waals surface area contributed by atoms with Crippen molar-refractivity contribution in [3.05, 3.63) is 72.2 Å². The summed E-state index contributed by atoms with van der Waals surface area (Å²) >= 11 is 0. The van der Waals surface area contributed by atoms with Crippen molar-refractivity contribution in [1.29, 1.82) is 0 Å². The highest BCUT2D eigenvalue weighted by Crippen LogP contribution is 2.19. The van der Waals surface area contributed by atoms with E-state index in [2.05, 4.69) is 31.8 Å². The monoisotopic (exact) mass is 321 g/mol. The summed E-state index contributed by atoms with van der Waals surface area (Å²) in [5.74, 6) is 1.39. The van der Waals surface area contributed by atoms with E-state index in [-0.39, 0.29) is 18.4 Å².